The van der Waals surface area contributed by atoms with Crippen LogP contribution in [0.5, 0.6) is 0 Å². The molecule has 3 aliphatic rings. The van der Waals surface area contributed by atoms with Crippen molar-refractivity contribution < 1.29 is 4.74 Å². The molecule has 1 N–H and O–H groups in total. The molecule has 0 amide bonds. The van der Waals surface area contributed by atoms with Crippen molar-refractivity contribution in [1.29, 1.82) is 0 Å². The zero-order valence-electron chi connectivity index (χ0n) is 9.61. The highest BCUT2D eigenvalue weighted by atomic mass is 16.5. The lowest BCUT2D eigenvalue weighted by Gasteiger charge is -2.37. The maximum atomic E-state index is 5.65. The van der Waals surface area contributed by atoms with E-state index in [4.69, 9.17) is 4.74 Å². The van der Waals surface area contributed by atoms with E-state index in [0.717, 1.165) is 19.3 Å². The summed E-state index contributed by atoms with van der Waals surface area (Å²) >= 11 is 0. The molecule has 86 valence electrons. The van der Waals surface area contributed by atoms with Crippen molar-refractivity contribution in [2.24, 2.45) is 5.92 Å². The largest absolute Gasteiger partial charge is 0.381 e. The van der Waals surface area contributed by atoms with Gasteiger partial charge in [0.05, 0.1) is 6.61 Å². The molecule has 0 spiro atoms. The van der Waals surface area contributed by atoms with Crippen LogP contribution in [0.4, 0.5) is 0 Å². The maximum absolute atomic E-state index is 5.65. The molecule has 0 aromatic heterocycles. The SMILES string of the molecule is C[C@H]1[C@@H]2COCCC2NCC2CCCN21. The number of fused-ring (bicyclic) bond motifs is 2. The van der Waals surface area contributed by atoms with E-state index in [1.807, 2.05) is 0 Å². The van der Waals surface area contributed by atoms with Gasteiger partial charge in [0.2, 0.25) is 0 Å². The topological polar surface area (TPSA) is 24.5 Å². The molecule has 3 rings (SSSR count). The quantitative estimate of drug-likeness (QED) is 0.641. The number of hydrogen-bond acceptors (Lipinski definition) is 3. The fourth-order valence-corrected chi connectivity index (χ4v) is 3.64. The molecule has 0 saturated carbocycles. The fraction of sp³-hybridized carbons (Fsp3) is 1.00. The van der Waals surface area contributed by atoms with Crippen LogP contribution in [0.25, 0.3) is 0 Å². The Balaban J connectivity index is 1.79. The molecule has 0 aliphatic carbocycles. The summed E-state index contributed by atoms with van der Waals surface area (Å²) in [4.78, 5) is 2.71. The minimum absolute atomic E-state index is 0.706. The molecule has 4 atom stereocenters. The van der Waals surface area contributed by atoms with E-state index in [-0.39, 0.29) is 0 Å². The van der Waals surface area contributed by atoms with Gasteiger partial charge < -0.3 is 10.1 Å². The summed E-state index contributed by atoms with van der Waals surface area (Å²) in [7, 11) is 0. The van der Waals surface area contributed by atoms with Crippen LogP contribution in [0.15, 0.2) is 0 Å². The Morgan fingerprint density at radius 1 is 1.33 bits per heavy atom. The number of nitrogens with zero attached hydrogens (tertiary/aromatic N) is 1. The van der Waals surface area contributed by atoms with Crippen molar-refractivity contribution >= 4 is 0 Å². The summed E-state index contributed by atoms with van der Waals surface area (Å²) in [5, 5.41) is 3.76. The normalized spacial score (nSPS) is 47.0. The highest BCUT2D eigenvalue weighted by Gasteiger charge is 2.40. The third kappa shape index (κ3) is 1.71. The van der Waals surface area contributed by atoms with Crippen LogP contribution in [-0.2, 0) is 4.74 Å². The van der Waals surface area contributed by atoms with Crippen LogP contribution in [0, 0.1) is 5.92 Å². The van der Waals surface area contributed by atoms with Gasteiger partial charge in [0.1, 0.15) is 0 Å². The molecular weight excluding hydrogens is 188 g/mol. The maximum Gasteiger partial charge on any atom is 0.0524 e. The molecule has 3 heteroatoms. The second-order valence-corrected chi connectivity index (χ2v) is 5.32. The highest BCUT2D eigenvalue weighted by molar-refractivity contribution is 4.96. The summed E-state index contributed by atoms with van der Waals surface area (Å²) < 4.78 is 5.65. The van der Waals surface area contributed by atoms with E-state index in [2.05, 4.69) is 17.1 Å². The molecule has 3 fully saturated rings. The van der Waals surface area contributed by atoms with Gasteiger partial charge in [0.25, 0.3) is 0 Å². The Kier molecular flexibility index (Phi) is 2.71. The second kappa shape index (κ2) is 4.04. The lowest BCUT2D eigenvalue weighted by Crippen LogP contribution is -2.48. The van der Waals surface area contributed by atoms with E-state index in [9.17, 15) is 0 Å². The minimum atomic E-state index is 0.706. The van der Waals surface area contributed by atoms with E-state index in [1.54, 1.807) is 0 Å². The van der Waals surface area contributed by atoms with Gasteiger partial charge in [0.15, 0.2) is 0 Å². The third-order valence-electron chi connectivity index (χ3n) is 4.58. The number of nitrogens with one attached hydrogen (secondary N) is 1. The average molecular weight is 210 g/mol. The van der Waals surface area contributed by atoms with Crippen LogP contribution in [0.3, 0.4) is 0 Å². The van der Waals surface area contributed by atoms with Gasteiger partial charge in [-0.15, -0.1) is 0 Å². The van der Waals surface area contributed by atoms with Crippen molar-refractivity contribution in [2.75, 3.05) is 26.3 Å². The average Bonchev–Trinajstić information content (AvgIpc) is 2.69. The van der Waals surface area contributed by atoms with Crippen LogP contribution in [-0.4, -0.2) is 49.3 Å². The predicted octanol–water partition coefficient (Wildman–Crippen LogP) is 0.848. The van der Waals surface area contributed by atoms with Crippen LogP contribution < -0.4 is 5.32 Å². The first kappa shape index (κ1) is 10.1. The standard InChI is InChI=1S/C12H22N2O/c1-9-11-8-15-6-4-12(11)13-7-10-3-2-5-14(9)10/h9-13H,2-8H2,1H3/t9-,10?,11-,12?/m0/s1. The molecule has 3 aliphatic heterocycles. The van der Waals surface area contributed by atoms with E-state index >= 15 is 0 Å². The zero-order chi connectivity index (χ0) is 10.3. The molecular formula is C12H22N2O. The Bertz CT molecular complexity index is 234. The van der Waals surface area contributed by atoms with Crippen molar-refractivity contribution in [3.8, 4) is 0 Å². The highest BCUT2D eigenvalue weighted by Crippen LogP contribution is 2.30. The van der Waals surface area contributed by atoms with Crippen LogP contribution >= 0.6 is 0 Å². The van der Waals surface area contributed by atoms with Gasteiger partial charge >= 0.3 is 0 Å². The Hall–Kier alpha value is -0.120. The second-order valence-electron chi connectivity index (χ2n) is 5.32. The first-order valence-corrected chi connectivity index (χ1v) is 6.43. The monoisotopic (exact) mass is 210 g/mol. The molecule has 2 unspecified atom stereocenters. The Morgan fingerprint density at radius 3 is 3.20 bits per heavy atom. The Labute approximate surface area is 92.2 Å². The molecule has 0 aromatic rings. The molecule has 0 bridgehead atoms. The van der Waals surface area contributed by atoms with E-state index in [0.29, 0.717) is 18.0 Å². The Morgan fingerprint density at radius 2 is 2.27 bits per heavy atom. The summed E-state index contributed by atoms with van der Waals surface area (Å²) in [6, 6.07) is 2.21. The van der Waals surface area contributed by atoms with E-state index < -0.39 is 0 Å². The van der Waals surface area contributed by atoms with Crippen molar-refractivity contribution in [3.63, 3.8) is 0 Å². The molecule has 0 radical (unpaired) electrons. The van der Waals surface area contributed by atoms with Crippen molar-refractivity contribution in [2.45, 2.75) is 44.3 Å². The summed E-state index contributed by atoms with van der Waals surface area (Å²) in [5.41, 5.74) is 0. The predicted molar refractivity (Wildman–Crippen MR) is 59.9 cm³/mol. The number of ether oxygens (including phenoxy) is 1. The van der Waals surface area contributed by atoms with E-state index in [1.165, 1.54) is 32.4 Å². The van der Waals surface area contributed by atoms with Gasteiger partial charge in [-0.3, -0.25) is 4.90 Å². The molecule has 3 heterocycles. The molecule has 0 aromatic carbocycles. The number of rotatable bonds is 0. The number of hydrogen-bond donors (Lipinski definition) is 1. The third-order valence-corrected chi connectivity index (χ3v) is 4.58. The summed E-state index contributed by atoms with van der Waals surface area (Å²) in [5.74, 6) is 0.710. The molecule has 3 saturated heterocycles. The van der Waals surface area contributed by atoms with Gasteiger partial charge in [-0.05, 0) is 32.7 Å². The minimum Gasteiger partial charge on any atom is -0.381 e. The van der Waals surface area contributed by atoms with Gasteiger partial charge in [0, 0.05) is 37.2 Å². The summed E-state index contributed by atoms with van der Waals surface area (Å²) in [6.07, 6.45) is 3.97. The smallest absolute Gasteiger partial charge is 0.0524 e. The molecule has 3 nitrogen and oxygen atoms in total. The lowest BCUT2D eigenvalue weighted by molar-refractivity contribution is 0.00535. The van der Waals surface area contributed by atoms with Gasteiger partial charge in [-0.2, -0.15) is 0 Å². The lowest BCUT2D eigenvalue weighted by atomic mass is 9.89. The van der Waals surface area contributed by atoms with Gasteiger partial charge in [-0.25, -0.2) is 0 Å². The first-order chi connectivity index (χ1) is 7.36. The van der Waals surface area contributed by atoms with Crippen molar-refractivity contribution in [1.82, 2.24) is 10.2 Å². The van der Waals surface area contributed by atoms with Crippen molar-refractivity contribution in [3.05, 3.63) is 0 Å². The zero-order valence-corrected chi connectivity index (χ0v) is 9.61. The van der Waals surface area contributed by atoms with Crippen LogP contribution in [0.1, 0.15) is 26.2 Å². The summed E-state index contributed by atoms with van der Waals surface area (Å²) in [6.45, 7) is 6.81. The first-order valence-electron chi connectivity index (χ1n) is 6.43. The fourth-order valence-electron chi connectivity index (χ4n) is 3.64. The van der Waals surface area contributed by atoms with Gasteiger partial charge in [-0.1, -0.05) is 0 Å². The molecule has 15 heavy (non-hydrogen) atoms. The van der Waals surface area contributed by atoms with Crippen LogP contribution in [0.2, 0.25) is 0 Å².